The summed E-state index contributed by atoms with van der Waals surface area (Å²) in [4.78, 5) is 39.9. The van der Waals surface area contributed by atoms with Crippen LogP contribution in [0.2, 0.25) is 0 Å². The Bertz CT molecular complexity index is 920. The minimum absolute atomic E-state index is 0.0496. The number of ketones is 1. The molecule has 0 bridgehead atoms. The molecule has 1 fully saturated rings. The molecule has 2 aromatic carbocycles. The Labute approximate surface area is 188 Å². The van der Waals surface area contributed by atoms with Crippen LogP contribution in [0, 0.1) is 0 Å². The molecule has 0 aliphatic carbocycles. The lowest BCUT2D eigenvalue weighted by atomic mass is 10.1. The zero-order chi connectivity index (χ0) is 22.9. The fourth-order valence-corrected chi connectivity index (χ4v) is 3.39. The molecular formula is C24H29N3O5. The van der Waals surface area contributed by atoms with Gasteiger partial charge in [0, 0.05) is 43.1 Å². The molecule has 1 aliphatic rings. The number of carbonyl (C=O) groups is 3. The van der Waals surface area contributed by atoms with Crippen molar-refractivity contribution in [3.63, 3.8) is 0 Å². The average molecular weight is 440 g/mol. The zero-order valence-electron chi connectivity index (χ0n) is 18.5. The first-order valence-corrected chi connectivity index (χ1v) is 10.7. The van der Waals surface area contributed by atoms with Gasteiger partial charge >= 0.3 is 5.97 Å². The summed E-state index contributed by atoms with van der Waals surface area (Å²) in [5.41, 5.74) is 2.33. The summed E-state index contributed by atoms with van der Waals surface area (Å²) >= 11 is 0. The first-order chi connectivity index (χ1) is 15.4. The molecule has 0 atom stereocenters. The summed E-state index contributed by atoms with van der Waals surface area (Å²) in [5.74, 6) is -0.690. The number of nitrogens with one attached hydrogen (secondary N) is 1. The fourth-order valence-electron chi connectivity index (χ4n) is 3.39. The van der Waals surface area contributed by atoms with E-state index < -0.39 is 18.5 Å². The lowest BCUT2D eigenvalue weighted by Gasteiger charge is -2.35. The van der Waals surface area contributed by atoms with Crippen LogP contribution in [-0.2, 0) is 14.3 Å². The number of piperazine rings is 1. The van der Waals surface area contributed by atoms with E-state index in [1.807, 2.05) is 24.3 Å². The first-order valence-electron chi connectivity index (χ1n) is 10.7. The number of hydrogen-bond acceptors (Lipinski definition) is 7. The molecule has 32 heavy (non-hydrogen) atoms. The molecule has 1 N–H and O–H groups in total. The van der Waals surface area contributed by atoms with E-state index in [9.17, 15) is 14.4 Å². The highest BCUT2D eigenvalue weighted by molar-refractivity contribution is 5.94. The quantitative estimate of drug-likeness (QED) is 0.475. The van der Waals surface area contributed by atoms with Crippen LogP contribution in [0.25, 0.3) is 0 Å². The van der Waals surface area contributed by atoms with E-state index in [2.05, 4.69) is 22.0 Å². The van der Waals surface area contributed by atoms with E-state index in [1.165, 1.54) is 6.92 Å². The fraction of sp³-hybridized carbons (Fsp3) is 0.375. The topological polar surface area (TPSA) is 88.2 Å². The number of esters is 1. The van der Waals surface area contributed by atoms with Crippen LogP contribution in [0.4, 0.5) is 11.4 Å². The minimum Gasteiger partial charge on any atom is -0.482 e. The molecule has 170 valence electrons. The van der Waals surface area contributed by atoms with Crippen molar-refractivity contribution in [1.82, 2.24) is 4.90 Å². The maximum atomic E-state index is 12.1. The van der Waals surface area contributed by atoms with Crippen molar-refractivity contribution in [2.24, 2.45) is 0 Å². The average Bonchev–Trinajstić information content (AvgIpc) is 2.82. The standard InChI is InChI=1S/C24H29N3O5/c1-3-26-12-14-27(15-13-26)21-8-6-20(7-9-21)25-23(29)16-32-24(30)17-31-22-10-4-19(5-11-22)18(2)28/h4-11H,3,12-17H2,1-2H3,(H,25,29). The molecule has 8 heteroatoms. The van der Waals surface area contributed by atoms with Crippen LogP contribution in [0.3, 0.4) is 0 Å². The SMILES string of the molecule is CCN1CCN(c2ccc(NC(=O)COC(=O)COc3ccc(C(C)=O)cc3)cc2)CC1. The molecule has 3 rings (SSSR count). The highest BCUT2D eigenvalue weighted by Gasteiger charge is 2.16. The number of rotatable bonds is 9. The molecule has 0 aromatic heterocycles. The Hall–Kier alpha value is -3.39. The number of benzene rings is 2. The van der Waals surface area contributed by atoms with E-state index >= 15 is 0 Å². The van der Waals surface area contributed by atoms with Crippen LogP contribution < -0.4 is 15.0 Å². The second-order valence-electron chi connectivity index (χ2n) is 7.55. The van der Waals surface area contributed by atoms with E-state index in [0.29, 0.717) is 17.0 Å². The molecule has 0 radical (unpaired) electrons. The Morgan fingerprint density at radius 2 is 1.56 bits per heavy atom. The van der Waals surface area contributed by atoms with Crippen molar-refractivity contribution in [2.45, 2.75) is 13.8 Å². The summed E-state index contributed by atoms with van der Waals surface area (Å²) in [6.45, 7) is 8.06. The predicted molar refractivity (Wildman–Crippen MR) is 122 cm³/mol. The van der Waals surface area contributed by atoms with Crippen molar-refractivity contribution in [1.29, 1.82) is 0 Å². The number of amides is 1. The molecule has 2 aromatic rings. The second-order valence-corrected chi connectivity index (χ2v) is 7.55. The van der Waals surface area contributed by atoms with Gasteiger partial charge in [-0.15, -0.1) is 0 Å². The number of Topliss-reactive ketones (excluding diaryl/α,β-unsaturated/α-hetero) is 1. The van der Waals surface area contributed by atoms with Crippen LogP contribution >= 0.6 is 0 Å². The van der Waals surface area contributed by atoms with Crippen LogP contribution in [0.1, 0.15) is 24.2 Å². The minimum atomic E-state index is -0.655. The summed E-state index contributed by atoms with van der Waals surface area (Å²) < 4.78 is 10.3. The monoisotopic (exact) mass is 439 g/mol. The number of ether oxygens (including phenoxy) is 2. The third kappa shape index (κ3) is 6.81. The van der Waals surface area contributed by atoms with Gasteiger partial charge in [-0.3, -0.25) is 9.59 Å². The Morgan fingerprint density at radius 3 is 2.16 bits per heavy atom. The van der Waals surface area contributed by atoms with Crippen molar-refractivity contribution in [2.75, 3.05) is 56.2 Å². The van der Waals surface area contributed by atoms with Crippen molar-refractivity contribution in [3.8, 4) is 5.75 Å². The highest BCUT2D eigenvalue weighted by Crippen LogP contribution is 2.19. The van der Waals surface area contributed by atoms with Crippen LogP contribution in [0.15, 0.2) is 48.5 Å². The van der Waals surface area contributed by atoms with E-state index in [-0.39, 0.29) is 12.4 Å². The number of nitrogens with zero attached hydrogens (tertiary/aromatic N) is 2. The predicted octanol–water partition coefficient (Wildman–Crippen LogP) is 2.59. The molecule has 0 saturated carbocycles. The lowest BCUT2D eigenvalue weighted by molar-refractivity contribution is -0.149. The van der Waals surface area contributed by atoms with Gasteiger partial charge in [0.05, 0.1) is 0 Å². The largest absolute Gasteiger partial charge is 0.482 e. The third-order valence-electron chi connectivity index (χ3n) is 5.32. The second kappa shape index (κ2) is 11.3. The number of hydrogen-bond donors (Lipinski definition) is 1. The maximum Gasteiger partial charge on any atom is 0.344 e. The smallest absolute Gasteiger partial charge is 0.344 e. The summed E-state index contributed by atoms with van der Waals surface area (Å²) in [6.07, 6.45) is 0. The van der Waals surface area contributed by atoms with E-state index in [0.717, 1.165) is 38.4 Å². The highest BCUT2D eigenvalue weighted by atomic mass is 16.6. The third-order valence-corrected chi connectivity index (χ3v) is 5.32. The van der Waals surface area contributed by atoms with Gasteiger partial charge in [0.1, 0.15) is 5.75 Å². The molecule has 1 saturated heterocycles. The Balaban J connectivity index is 1.37. The molecule has 8 nitrogen and oxygen atoms in total. The van der Waals surface area contributed by atoms with Gasteiger partial charge in [-0.1, -0.05) is 6.92 Å². The normalized spacial score (nSPS) is 14.0. The Morgan fingerprint density at radius 1 is 0.906 bits per heavy atom. The van der Waals surface area contributed by atoms with E-state index in [4.69, 9.17) is 9.47 Å². The molecular weight excluding hydrogens is 410 g/mol. The zero-order valence-corrected chi connectivity index (χ0v) is 18.5. The van der Waals surface area contributed by atoms with Gasteiger partial charge < -0.3 is 24.6 Å². The molecule has 1 heterocycles. The summed E-state index contributed by atoms with van der Waals surface area (Å²) in [7, 11) is 0. The molecule has 1 aliphatic heterocycles. The Kier molecular flexibility index (Phi) is 8.21. The van der Waals surface area contributed by atoms with Gasteiger partial charge in [-0.05, 0) is 62.0 Å². The summed E-state index contributed by atoms with van der Waals surface area (Å²) in [5, 5.41) is 2.72. The van der Waals surface area contributed by atoms with Crippen LogP contribution in [0.5, 0.6) is 5.75 Å². The van der Waals surface area contributed by atoms with Gasteiger partial charge in [-0.2, -0.15) is 0 Å². The molecule has 0 unspecified atom stereocenters. The maximum absolute atomic E-state index is 12.1. The molecule has 0 spiro atoms. The van der Waals surface area contributed by atoms with Crippen molar-refractivity contribution < 1.29 is 23.9 Å². The summed E-state index contributed by atoms with van der Waals surface area (Å²) in [6, 6.07) is 14.1. The van der Waals surface area contributed by atoms with Gasteiger partial charge in [0.25, 0.3) is 5.91 Å². The van der Waals surface area contributed by atoms with E-state index in [1.54, 1.807) is 24.3 Å². The first kappa shape index (κ1) is 23.3. The number of likely N-dealkylation sites (N-methyl/N-ethyl adjacent to an activating group) is 1. The molecule has 1 amide bonds. The van der Waals surface area contributed by atoms with Crippen molar-refractivity contribution >= 4 is 29.0 Å². The lowest BCUT2D eigenvalue weighted by Crippen LogP contribution is -2.46. The van der Waals surface area contributed by atoms with Gasteiger partial charge in [0.15, 0.2) is 19.0 Å². The van der Waals surface area contributed by atoms with Crippen LogP contribution in [-0.4, -0.2) is 68.5 Å². The number of carbonyl (C=O) groups excluding carboxylic acids is 3. The number of anilines is 2. The van der Waals surface area contributed by atoms with Crippen molar-refractivity contribution in [3.05, 3.63) is 54.1 Å². The van der Waals surface area contributed by atoms with Gasteiger partial charge in [-0.25, -0.2) is 4.79 Å². The van der Waals surface area contributed by atoms with Gasteiger partial charge in [0.2, 0.25) is 0 Å².